The normalized spacial score (nSPS) is 22.8. The highest BCUT2D eigenvalue weighted by Crippen LogP contribution is 2.34. The quantitative estimate of drug-likeness (QED) is 0.747. The van der Waals surface area contributed by atoms with Crippen molar-refractivity contribution in [1.82, 2.24) is 4.90 Å². The number of hydrogen-bond acceptors (Lipinski definition) is 4. The maximum absolute atomic E-state index is 9.83. The van der Waals surface area contributed by atoms with E-state index in [1.807, 2.05) is 6.92 Å². The van der Waals surface area contributed by atoms with E-state index in [0.717, 1.165) is 24.9 Å². The lowest BCUT2D eigenvalue weighted by molar-refractivity contribution is 0.125. The topological polar surface area (TPSA) is 63.9 Å². The summed E-state index contributed by atoms with van der Waals surface area (Å²) in [4.78, 5) is 2.20. The maximum Gasteiger partial charge on any atom is 0.124 e. The molecular formula is C13H19NO3. The average Bonchev–Trinajstić information content (AvgIpc) is 2.76. The van der Waals surface area contributed by atoms with Gasteiger partial charge in [0, 0.05) is 23.7 Å². The zero-order valence-corrected chi connectivity index (χ0v) is 10.0. The first-order valence-electron chi connectivity index (χ1n) is 6.02. The van der Waals surface area contributed by atoms with E-state index in [1.54, 1.807) is 12.1 Å². The van der Waals surface area contributed by atoms with Crippen LogP contribution in [0.1, 0.15) is 31.4 Å². The molecule has 0 radical (unpaired) electrons. The number of likely N-dealkylation sites (tertiary alicyclic amines) is 1. The van der Waals surface area contributed by atoms with Crippen LogP contribution in [0, 0.1) is 0 Å². The van der Waals surface area contributed by atoms with Crippen molar-refractivity contribution in [3.63, 3.8) is 0 Å². The lowest BCUT2D eigenvalue weighted by atomic mass is 10.0. The Morgan fingerprint density at radius 1 is 1.41 bits per heavy atom. The first-order valence-corrected chi connectivity index (χ1v) is 6.02. The third-order valence-corrected chi connectivity index (χ3v) is 3.60. The number of rotatable bonds is 3. The molecule has 1 fully saturated rings. The summed E-state index contributed by atoms with van der Waals surface area (Å²) in [6.45, 7) is 3.11. The minimum atomic E-state index is 0.0512. The molecule has 4 heteroatoms. The molecule has 94 valence electrons. The van der Waals surface area contributed by atoms with Crippen molar-refractivity contribution in [1.29, 1.82) is 0 Å². The molecule has 1 saturated heterocycles. The Morgan fingerprint density at radius 3 is 2.82 bits per heavy atom. The zero-order valence-electron chi connectivity index (χ0n) is 10.0. The van der Waals surface area contributed by atoms with Gasteiger partial charge in [-0.1, -0.05) is 6.07 Å². The van der Waals surface area contributed by atoms with Gasteiger partial charge in [0.2, 0.25) is 0 Å². The second-order valence-corrected chi connectivity index (χ2v) is 4.64. The fraction of sp³-hybridized carbons (Fsp3) is 0.538. The Kier molecular flexibility index (Phi) is 3.54. The van der Waals surface area contributed by atoms with E-state index in [4.69, 9.17) is 0 Å². The standard InChI is InChI=1S/C13H19NO3/c1-9(14-6-2-3-10(14)8-15)12-5-4-11(16)7-13(12)17/h4-5,7,9-10,15-17H,2-3,6,8H2,1H3. The summed E-state index contributed by atoms with van der Waals surface area (Å²) in [6.07, 6.45) is 2.08. The molecule has 0 aromatic heterocycles. The number of hydrogen-bond donors (Lipinski definition) is 3. The molecule has 2 unspecified atom stereocenters. The monoisotopic (exact) mass is 237 g/mol. The second-order valence-electron chi connectivity index (χ2n) is 4.64. The van der Waals surface area contributed by atoms with E-state index < -0.39 is 0 Å². The van der Waals surface area contributed by atoms with Crippen LogP contribution in [-0.4, -0.2) is 39.4 Å². The molecular weight excluding hydrogens is 218 g/mol. The van der Waals surface area contributed by atoms with Crippen molar-refractivity contribution < 1.29 is 15.3 Å². The van der Waals surface area contributed by atoms with E-state index >= 15 is 0 Å². The smallest absolute Gasteiger partial charge is 0.124 e. The molecule has 1 aromatic carbocycles. The predicted octanol–water partition coefficient (Wildman–Crippen LogP) is 1.62. The number of nitrogens with zero attached hydrogens (tertiary/aromatic N) is 1. The van der Waals surface area contributed by atoms with Gasteiger partial charge in [0.1, 0.15) is 11.5 Å². The molecule has 1 aliphatic rings. The van der Waals surface area contributed by atoms with Crippen molar-refractivity contribution in [3.8, 4) is 11.5 Å². The molecule has 2 atom stereocenters. The maximum atomic E-state index is 9.83. The van der Waals surface area contributed by atoms with Crippen molar-refractivity contribution >= 4 is 0 Å². The highest BCUT2D eigenvalue weighted by molar-refractivity contribution is 5.40. The fourth-order valence-electron chi connectivity index (χ4n) is 2.63. The van der Waals surface area contributed by atoms with Crippen molar-refractivity contribution in [2.75, 3.05) is 13.2 Å². The molecule has 0 aliphatic carbocycles. The van der Waals surface area contributed by atoms with Crippen molar-refractivity contribution in [2.24, 2.45) is 0 Å². The molecule has 0 amide bonds. The van der Waals surface area contributed by atoms with E-state index in [1.165, 1.54) is 6.07 Å². The van der Waals surface area contributed by atoms with Crippen LogP contribution in [0.3, 0.4) is 0 Å². The molecule has 1 aromatic rings. The summed E-state index contributed by atoms with van der Waals surface area (Å²) in [5.74, 6) is 0.180. The van der Waals surface area contributed by atoms with Crippen molar-refractivity contribution in [2.45, 2.75) is 31.8 Å². The van der Waals surface area contributed by atoms with E-state index in [-0.39, 0.29) is 30.2 Å². The predicted molar refractivity (Wildman–Crippen MR) is 65.0 cm³/mol. The molecule has 0 spiro atoms. The lowest BCUT2D eigenvalue weighted by Gasteiger charge is -2.30. The van der Waals surface area contributed by atoms with Crippen molar-refractivity contribution in [3.05, 3.63) is 23.8 Å². The van der Waals surface area contributed by atoms with Gasteiger partial charge in [-0.15, -0.1) is 0 Å². The number of aromatic hydroxyl groups is 2. The van der Waals surface area contributed by atoms with E-state index in [0.29, 0.717) is 0 Å². The molecule has 1 heterocycles. The first-order chi connectivity index (χ1) is 8.13. The molecule has 1 aliphatic heterocycles. The summed E-state index contributed by atoms with van der Waals surface area (Å²) < 4.78 is 0. The van der Waals surface area contributed by atoms with Gasteiger partial charge in [-0.2, -0.15) is 0 Å². The highest BCUT2D eigenvalue weighted by atomic mass is 16.3. The van der Waals surface area contributed by atoms with Gasteiger partial charge in [0.25, 0.3) is 0 Å². The molecule has 3 N–H and O–H groups in total. The second kappa shape index (κ2) is 4.94. The third-order valence-electron chi connectivity index (χ3n) is 3.60. The highest BCUT2D eigenvalue weighted by Gasteiger charge is 2.29. The third kappa shape index (κ3) is 2.37. The van der Waals surface area contributed by atoms with Crippen LogP contribution in [-0.2, 0) is 0 Å². The van der Waals surface area contributed by atoms with Crippen LogP contribution in [0.5, 0.6) is 11.5 Å². The number of phenols is 2. The lowest BCUT2D eigenvalue weighted by Crippen LogP contribution is -2.34. The van der Waals surface area contributed by atoms with Gasteiger partial charge in [0.15, 0.2) is 0 Å². The SMILES string of the molecule is CC(c1ccc(O)cc1O)N1CCCC1CO. The van der Waals surface area contributed by atoms with Crippen LogP contribution in [0.4, 0.5) is 0 Å². The van der Waals surface area contributed by atoms with Gasteiger partial charge in [0.05, 0.1) is 6.61 Å². The van der Waals surface area contributed by atoms with Gasteiger partial charge in [-0.05, 0) is 32.4 Å². The summed E-state index contributed by atoms with van der Waals surface area (Å²) in [7, 11) is 0. The number of benzene rings is 1. The molecule has 17 heavy (non-hydrogen) atoms. The number of aliphatic hydroxyl groups excluding tert-OH is 1. The average molecular weight is 237 g/mol. The Bertz CT molecular complexity index is 394. The Morgan fingerprint density at radius 2 is 2.18 bits per heavy atom. The minimum Gasteiger partial charge on any atom is -0.508 e. The Labute approximate surface area is 101 Å². The van der Waals surface area contributed by atoms with Gasteiger partial charge < -0.3 is 15.3 Å². The van der Waals surface area contributed by atoms with E-state index in [2.05, 4.69) is 4.90 Å². The molecule has 4 nitrogen and oxygen atoms in total. The largest absolute Gasteiger partial charge is 0.508 e. The molecule has 0 saturated carbocycles. The van der Waals surface area contributed by atoms with Crippen LogP contribution < -0.4 is 0 Å². The fourth-order valence-corrected chi connectivity index (χ4v) is 2.63. The Balaban J connectivity index is 2.21. The van der Waals surface area contributed by atoms with E-state index in [9.17, 15) is 15.3 Å². The molecule has 0 bridgehead atoms. The van der Waals surface area contributed by atoms with Crippen LogP contribution in [0.2, 0.25) is 0 Å². The Hall–Kier alpha value is -1.26. The first kappa shape index (κ1) is 12.2. The molecule has 2 rings (SSSR count). The minimum absolute atomic E-state index is 0.0512. The van der Waals surface area contributed by atoms with Crippen LogP contribution >= 0.6 is 0 Å². The summed E-state index contributed by atoms with van der Waals surface area (Å²) in [6, 6.07) is 4.90. The summed E-state index contributed by atoms with van der Waals surface area (Å²) >= 11 is 0. The number of phenolic OH excluding ortho intramolecular Hbond substituents is 2. The number of aliphatic hydroxyl groups is 1. The summed E-state index contributed by atoms with van der Waals surface area (Å²) in [5, 5.41) is 28.4. The summed E-state index contributed by atoms with van der Waals surface area (Å²) in [5.41, 5.74) is 0.795. The van der Waals surface area contributed by atoms with Crippen LogP contribution in [0.15, 0.2) is 18.2 Å². The zero-order chi connectivity index (χ0) is 12.4. The van der Waals surface area contributed by atoms with Crippen LogP contribution in [0.25, 0.3) is 0 Å². The van der Waals surface area contributed by atoms with Gasteiger partial charge in [-0.3, -0.25) is 4.90 Å². The van der Waals surface area contributed by atoms with Gasteiger partial charge >= 0.3 is 0 Å². The van der Waals surface area contributed by atoms with Gasteiger partial charge in [-0.25, -0.2) is 0 Å².